The minimum atomic E-state index is -4.46. The van der Waals surface area contributed by atoms with E-state index in [9.17, 15) is 25.9 Å². The standard InChI is InChI=1S/C34H29NO8S2/c1-2-23(17-33-29(21-44(36,37)38)28-19-26(13-15-31(28)42-33)24-9-5-3-6-10-24)18-34-35(22-45(39,40)41)30-20-27(14-16-32(30)43-34)25-11-7-4-8-12-25/h3-20H,2,21-22H2,1H3,(H,36,37,38)(H,39,40,41)/b23-17-,34-18+. The van der Waals surface area contributed by atoms with E-state index in [2.05, 4.69) is 0 Å². The third kappa shape index (κ3) is 6.86. The molecular formula is C34H29NO8S2. The monoisotopic (exact) mass is 643 g/mol. The summed E-state index contributed by atoms with van der Waals surface area (Å²) in [5.41, 5.74) is 5.33. The van der Waals surface area contributed by atoms with Crippen LogP contribution in [0.4, 0.5) is 5.69 Å². The lowest BCUT2D eigenvalue weighted by atomic mass is 10.0. The van der Waals surface area contributed by atoms with Crippen molar-refractivity contribution in [2.45, 2.75) is 19.1 Å². The van der Waals surface area contributed by atoms with E-state index in [1.54, 1.807) is 30.4 Å². The number of anilines is 1. The minimum Gasteiger partial charge on any atom is -0.456 e. The van der Waals surface area contributed by atoms with Crippen molar-refractivity contribution in [3.63, 3.8) is 0 Å². The molecule has 1 aliphatic heterocycles. The normalized spacial score (nSPS) is 14.6. The molecule has 0 saturated heterocycles. The predicted octanol–water partition coefficient (Wildman–Crippen LogP) is 7.53. The number of nitrogens with zero attached hydrogens (tertiary/aromatic N) is 1. The molecule has 0 fully saturated rings. The van der Waals surface area contributed by atoms with Gasteiger partial charge < -0.3 is 9.15 Å². The van der Waals surface area contributed by atoms with Gasteiger partial charge in [-0.05, 0) is 64.6 Å². The number of furan rings is 1. The van der Waals surface area contributed by atoms with Crippen molar-refractivity contribution in [3.05, 3.63) is 126 Å². The Labute approximate surface area is 261 Å². The van der Waals surface area contributed by atoms with Gasteiger partial charge in [-0.2, -0.15) is 16.8 Å². The van der Waals surface area contributed by atoms with E-state index in [0.29, 0.717) is 34.4 Å². The van der Waals surface area contributed by atoms with Gasteiger partial charge in [0, 0.05) is 17.0 Å². The van der Waals surface area contributed by atoms with Crippen LogP contribution in [0.3, 0.4) is 0 Å². The van der Waals surface area contributed by atoms with Crippen molar-refractivity contribution in [1.82, 2.24) is 0 Å². The predicted molar refractivity (Wildman–Crippen MR) is 175 cm³/mol. The second-order valence-electron chi connectivity index (χ2n) is 10.6. The fraction of sp³-hybridized carbons (Fsp3) is 0.118. The first-order valence-corrected chi connectivity index (χ1v) is 17.3. The average Bonchev–Trinajstić information content (AvgIpc) is 3.51. The van der Waals surface area contributed by atoms with Gasteiger partial charge >= 0.3 is 0 Å². The van der Waals surface area contributed by atoms with Crippen LogP contribution >= 0.6 is 0 Å². The first kappa shape index (κ1) is 30.4. The molecule has 0 saturated carbocycles. The highest BCUT2D eigenvalue weighted by molar-refractivity contribution is 7.85. The van der Waals surface area contributed by atoms with Gasteiger partial charge in [-0.3, -0.25) is 14.0 Å². The Morgan fingerprint density at radius 2 is 1.40 bits per heavy atom. The van der Waals surface area contributed by atoms with Crippen LogP contribution in [0.1, 0.15) is 24.7 Å². The molecule has 230 valence electrons. The number of fused-ring (bicyclic) bond motifs is 2. The first-order valence-electron chi connectivity index (χ1n) is 14.1. The number of allylic oxidation sites excluding steroid dienone is 2. The Balaban J connectivity index is 1.44. The van der Waals surface area contributed by atoms with E-state index >= 15 is 0 Å². The summed E-state index contributed by atoms with van der Waals surface area (Å²) in [4.78, 5) is 1.37. The Hall–Kier alpha value is -4.68. The molecule has 1 aliphatic rings. The minimum absolute atomic E-state index is 0.153. The highest BCUT2D eigenvalue weighted by Crippen LogP contribution is 2.42. The zero-order valence-electron chi connectivity index (χ0n) is 24.1. The number of hydrogen-bond acceptors (Lipinski definition) is 7. The highest BCUT2D eigenvalue weighted by atomic mass is 32.2. The van der Waals surface area contributed by atoms with Crippen LogP contribution in [0.2, 0.25) is 0 Å². The molecule has 6 rings (SSSR count). The van der Waals surface area contributed by atoms with Gasteiger partial charge in [0.2, 0.25) is 5.88 Å². The molecule has 4 aromatic carbocycles. The summed E-state index contributed by atoms with van der Waals surface area (Å²) >= 11 is 0. The van der Waals surface area contributed by atoms with Crippen LogP contribution in [0, 0.1) is 0 Å². The molecule has 0 unspecified atom stereocenters. The van der Waals surface area contributed by atoms with Gasteiger partial charge in [0.25, 0.3) is 20.2 Å². The zero-order chi connectivity index (χ0) is 31.8. The summed E-state index contributed by atoms with van der Waals surface area (Å²) in [7, 11) is -8.89. The summed E-state index contributed by atoms with van der Waals surface area (Å²) in [6.45, 7) is 1.87. The lowest BCUT2D eigenvalue weighted by molar-refractivity contribution is 0.436. The average molecular weight is 644 g/mol. The van der Waals surface area contributed by atoms with Crippen molar-refractivity contribution in [2.24, 2.45) is 0 Å². The molecule has 0 aliphatic carbocycles. The number of rotatable bonds is 9. The van der Waals surface area contributed by atoms with Crippen molar-refractivity contribution in [1.29, 1.82) is 0 Å². The zero-order valence-corrected chi connectivity index (χ0v) is 25.8. The van der Waals surface area contributed by atoms with Gasteiger partial charge in [-0.1, -0.05) is 79.7 Å². The van der Waals surface area contributed by atoms with Crippen LogP contribution in [-0.2, 0) is 26.0 Å². The molecular weight excluding hydrogens is 615 g/mol. The maximum atomic E-state index is 12.1. The maximum absolute atomic E-state index is 12.1. The molecule has 0 bridgehead atoms. The number of ether oxygens (including phenoxy) is 1. The van der Waals surface area contributed by atoms with E-state index in [1.807, 2.05) is 85.8 Å². The summed E-state index contributed by atoms with van der Waals surface area (Å²) in [5.74, 6) is -0.632. The summed E-state index contributed by atoms with van der Waals surface area (Å²) in [6, 6.07) is 30.0. The summed E-state index contributed by atoms with van der Waals surface area (Å²) < 4.78 is 80.1. The van der Waals surface area contributed by atoms with E-state index < -0.39 is 31.9 Å². The Morgan fingerprint density at radius 1 is 0.778 bits per heavy atom. The Bertz CT molecular complexity index is 2170. The lowest BCUT2D eigenvalue weighted by Gasteiger charge is -2.17. The largest absolute Gasteiger partial charge is 0.456 e. The van der Waals surface area contributed by atoms with Gasteiger partial charge in [0.1, 0.15) is 17.1 Å². The van der Waals surface area contributed by atoms with E-state index in [4.69, 9.17) is 9.15 Å². The smallest absolute Gasteiger partial charge is 0.283 e. The Kier molecular flexibility index (Phi) is 8.10. The highest BCUT2D eigenvalue weighted by Gasteiger charge is 2.30. The molecule has 45 heavy (non-hydrogen) atoms. The molecule has 2 N–H and O–H groups in total. The van der Waals surface area contributed by atoms with E-state index in [1.165, 1.54) is 4.90 Å². The van der Waals surface area contributed by atoms with Crippen LogP contribution in [0.15, 0.2) is 119 Å². The molecule has 5 aromatic rings. The van der Waals surface area contributed by atoms with Crippen molar-refractivity contribution >= 4 is 43.0 Å². The lowest BCUT2D eigenvalue weighted by Crippen LogP contribution is -2.27. The third-order valence-corrected chi connectivity index (χ3v) is 8.66. The first-order chi connectivity index (χ1) is 21.5. The van der Waals surface area contributed by atoms with Crippen molar-refractivity contribution in [2.75, 3.05) is 10.8 Å². The summed E-state index contributed by atoms with van der Waals surface area (Å²) in [5, 5.41) is 0.536. The van der Waals surface area contributed by atoms with Crippen LogP contribution in [-0.4, -0.2) is 31.8 Å². The topological polar surface area (TPSA) is 134 Å². The molecule has 0 amide bonds. The molecule has 0 radical (unpaired) electrons. The molecule has 0 spiro atoms. The molecule has 1 aromatic heterocycles. The van der Waals surface area contributed by atoms with Crippen LogP contribution in [0.25, 0.3) is 39.3 Å². The third-order valence-electron chi connectivity index (χ3n) is 7.42. The van der Waals surface area contributed by atoms with Gasteiger partial charge in [-0.25, -0.2) is 0 Å². The van der Waals surface area contributed by atoms with Crippen LogP contribution < -0.4 is 9.64 Å². The fourth-order valence-corrected chi connectivity index (χ4v) is 6.57. The number of benzene rings is 4. The second kappa shape index (κ2) is 12.0. The molecule has 2 heterocycles. The molecule has 0 atom stereocenters. The maximum Gasteiger partial charge on any atom is 0.283 e. The van der Waals surface area contributed by atoms with Gasteiger partial charge in [0.05, 0.1) is 5.69 Å². The quantitative estimate of drug-likeness (QED) is 0.156. The van der Waals surface area contributed by atoms with Gasteiger partial charge in [0.15, 0.2) is 11.6 Å². The van der Waals surface area contributed by atoms with Crippen LogP contribution in [0.5, 0.6) is 5.75 Å². The second-order valence-corrected chi connectivity index (χ2v) is 13.5. The fourth-order valence-electron chi connectivity index (χ4n) is 5.31. The van der Waals surface area contributed by atoms with E-state index in [-0.39, 0.29) is 17.2 Å². The Morgan fingerprint density at radius 3 is 2.00 bits per heavy atom. The molecule has 9 nitrogen and oxygen atoms in total. The van der Waals surface area contributed by atoms with E-state index in [0.717, 1.165) is 22.3 Å². The number of hydrogen-bond donors (Lipinski definition) is 2. The SMILES string of the molecule is CCC(=C/c1oc2ccc(-c3ccccc3)cc2c1CS(=O)(=O)O)/C=C1/Oc2ccc(-c3ccccc3)cc2N1CS(=O)(=O)O. The molecule has 11 heteroatoms. The summed E-state index contributed by atoms with van der Waals surface area (Å²) in [6.07, 6.45) is 3.69. The van der Waals surface area contributed by atoms with Crippen molar-refractivity contribution < 1.29 is 35.1 Å². The van der Waals surface area contributed by atoms with Gasteiger partial charge in [-0.15, -0.1) is 0 Å². The van der Waals surface area contributed by atoms with Crippen molar-refractivity contribution in [3.8, 4) is 28.0 Å².